The highest BCUT2D eigenvalue weighted by atomic mass is 15.4. The lowest BCUT2D eigenvalue weighted by atomic mass is 10.0. The Morgan fingerprint density at radius 2 is 2.10 bits per heavy atom. The third kappa shape index (κ3) is 3.45. The van der Waals surface area contributed by atoms with Crippen LogP contribution in [-0.4, -0.2) is 21.0 Å². The molecule has 0 saturated heterocycles. The molecule has 0 spiro atoms. The fourth-order valence-corrected chi connectivity index (χ4v) is 2.29. The van der Waals surface area contributed by atoms with Gasteiger partial charge in [-0.2, -0.15) is 0 Å². The van der Waals surface area contributed by atoms with Gasteiger partial charge in [-0.25, -0.2) is 4.68 Å². The van der Waals surface area contributed by atoms with Gasteiger partial charge in [-0.1, -0.05) is 44.2 Å². The average Bonchev–Trinajstić information content (AvgIpc) is 2.85. The predicted octanol–water partition coefficient (Wildman–Crippen LogP) is 3.16. The van der Waals surface area contributed by atoms with Crippen molar-refractivity contribution in [1.82, 2.24) is 20.3 Å². The minimum absolute atomic E-state index is 0.505. The van der Waals surface area contributed by atoms with E-state index in [0.29, 0.717) is 6.04 Å². The monoisotopic (exact) mass is 272 g/mol. The maximum absolute atomic E-state index is 4.16. The minimum Gasteiger partial charge on any atom is -0.310 e. The van der Waals surface area contributed by atoms with Gasteiger partial charge in [0.2, 0.25) is 0 Å². The molecule has 0 fully saturated rings. The van der Waals surface area contributed by atoms with E-state index in [1.807, 2.05) is 10.9 Å². The van der Waals surface area contributed by atoms with Gasteiger partial charge >= 0.3 is 0 Å². The maximum atomic E-state index is 4.16. The zero-order valence-electron chi connectivity index (χ0n) is 12.8. The molecule has 1 aromatic heterocycles. The lowest BCUT2D eigenvalue weighted by molar-refractivity contribution is 0.583. The van der Waals surface area contributed by atoms with Crippen molar-refractivity contribution in [2.45, 2.75) is 53.2 Å². The second-order valence-electron chi connectivity index (χ2n) is 5.53. The first kappa shape index (κ1) is 14.7. The van der Waals surface area contributed by atoms with Crippen LogP contribution in [0.5, 0.6) is 0 Å². The molecular weight excluding hydrogens is 248 g/mol. The molecule has 0 bridgehead atoms. The first-order valence-electron chi connectivity index (χ1n) is 7.33. The van der Waals surface area contributed by atoms with Gasteiger partial charge in [0.25, 0.3) is 0 Å². The first-order valence-corrected chi connectivity index (χ1v) is 7.33. The topological polar surface area (TPSA) is 42.7 Å². The number of aryl methyl sites for hydroxylation is 2. The standard InChI is InChI=1S/C16H24N4/c1-5-8-20-16(11-18-19-20)15-7-6-14(9-13(15)4)10-17-12(2)3/h6-7,9,11-12,17H,5,8,10H2,1-4H3. The third-order valence-corrected chi connectivity index (χ3v) is 3.33. The SMILES string of the molecule is CCCn1nncc1-c1ccc(CNC(C)C)cc1C. The quantitative estimate of drug-likeness (QED) is 0.878. The number of hydrogen-bond acceptors (Lipinski definition) is 3. The molecule has 0 aliphatic carbocycles. The van der Waals surface area contributed by atoms with Gasteiger partial charge in [0.05, 0.1) is 11.9 Å². The number of aromatic nitrogens is 3. The fourth-order valence-electron chi connectivity index (χ4n) is 2.29. The van der Waals surface area contributed by atoms with Gasteiger partial charge < -0.3 is 5.32 Å². The van der Waals surface area contributed by atoms with Gasteiger partial charge in [-0.05, 0) is 24.5 Å². The Morgan fingerprint density at radius 3 is 2.75 bits per heavy atom. The number of benzene rings is 1. The van der Waals surface area contributed by atoms with E-state index in [0.717, 1.165) is 25.2 Å². The van der Waals surface area contributed by atoms with E-state index in [-0.39, 0.29) is 0 Å². The molecule has 1 heterocycles. The summed E-state index contributed by atoms with van der Waals surface area (Å²) in [6.45, 7) is 10.4. The van der Waals surface area contributed by atoms with E-state index in [9.17, 15) is 0 Å². The predicted molar refractivity (Wildman–Crippen MR) is 82.5 cm³/mol. The Hall–Kier alpha value is -1.68. The molecule has 20 heavy (non-hydrogen) atoms. The molecule has 0 aliphatic heterocycles. The fraction of sp³-hybridized carbons (Fsp3) is 0.500. The normalized spacial score (nSPS) is 11.2. The van der Waals surface area contributed by atoms with Crippen molar-refractivity contribution in [3.05, 3.63) is 35.5 Å². The average molecular weight is 272 g/mol. The Bertz CT molecular complexity index is 557. The van der Waals surface area contributed by atoms with E-state index >= 15 is 0 Å². The lowest BCUT2D eigenvalue weighted by Gasteiger charge is -2.12. The molecule has 0 aliphatic rings. The van der Waals surface area contributed by atoms with Crippen LogP contribution in [0.1, 0.15) is 38.3 Å². The summed E-state index contributed by atoms with van der Waals surface area (Å²) in [5.74, 6) is 0. The van der Waals surface area contributed by atoms with E-state index in [1.165, 1.54) is 16.7 Å². The third-order valence-electron chi connectivity index (χ3n) is 3.33. The van der Waals surface area contributed by atoms with Crippen LogP contribution >= 0.6 is 0 Å². The van der Waals surface area contributed by atoms with Gasteiger partial charge in [-0.3, -0.25) is 0 Å². The lowest BCUT2D eigenvalue weighted by Crippen LogP contribution is -2.21. The molecule has 4 heteroatoms. The molecule has 0 atom stereocenters. The molecule has 1 N–H and O–H groups in total. The summed E-state index contributed by atoms with van der Waals surface area (Å²) in [6, 6.07) is 7.11. The Morgan fingerprint density at radius 1 is 1.30 bits per heavy atom. The minimum atomic E-state index is 0.505. The largest absolute Gasteiger partial charge is 0.310 e. The molecule has 0 radical (unpaired) electrons. The molecule has 2 rings (SSSR count). The van der Waals surface area contributed by atoms with Crippen LogP contribution in [0.4, 0.5) is 0 Å². The van der Waals surface area contributed by atoms with E-state index in [4.69, 9.17) is 0 Å². The molecule has 1 aromatic carbocycles. The number of nitrogens with zero attached hydrogens (tertiary/aromatic N) is 3. The number of hydrogen-bond donors (Lipinski definition) is 1. The first-order chi connectivity index (χ1) is 9.61. The second kappa shape index (κ2) is 6.66. The molecule has 2 aromatic rings. The van der Waals surface area contributed by atoms with Crippen molar-refractivity contribution in [3.8, 4) is 11.3 Å². The summed E-state index contributed by atoms with van der Waals surface area (Å²) in [5, 5.41) is 11.6. The zero-order chi connectivity index (χ0) is 14.5. The van der Waals surface area contributed by atoms with Crippen molar-refractivity contribution in [2.75, 3.05) is 0 Å². The highest BCUT2D eigenvalue weighted by Gasteiger charge is 2.09. The van der Waals surface area contributed by atoms with Gasteiger partial charge in [0.1, 0.15) is 0 Å². The van der Waals surface area contributed by atoms with Crippen LogP contribution in [0.15, 0.2) is 24.4 Å². The molecular formula is C16H24N4. The highest BCUT2D eigenvalue weighted by molar-refractivity contribution is 5.63. The zero-order valence-corrected chi connectivity index (χ0v) is 12.8. The van der Waals surface area contributed by atoms with Crippen LogP contribution in [0.25, 0.3) is 11.3 Å². The van der Waals surface area contributed by atoms with Crippen LogP contribution < -0.4 is 5.32 Å². The molecule has 0 amide bonds. The van der Waals surface area contributed by atoms with Crippen LogP contribution in [-0.2, 0) is 13.1 Å². The summed E-state index contributed by atoms with van der Waals surface area (Å²) in [6.07, 6.45) is 2.91. The van der Waals surface area contributed by atoms with E-state index in [1.54, 1.807) is 0 Å². The van der Waals surface area contributed by atoms with E-state index in [2.05, 4.69) is 61.5 Å². The Kier molecular flexibility index (Phi) is 4.90. The summed E-state index contributed by atoms with van der Waals surface area (Å²) in [7, 11) is 0. The number of rotatable bonds is 6. The summed E-state index contributed by atoms with van der Waals surface area (Å²) in [5.41, 5.74) is 4.91. The molecule has 0 saturated carbocycles. The summed E-state index contributed by atoms with van der Waals surface area (Å²) in [4.78, 5) is 0. The number of nitrogens with one attached hydrogen (secondary N) is 1. The van der Waals surface area contributed by atoms with Crippen molar-refractivity contribution in [1.29, 1.82) is 0 Å². The van der Waals surface area contributed by atoms with Crippen LogP contribution in [0.2, 0.25) is 0 Å². The highest BCUT2D eigenvalue weighted by Crippen LogP contribution is 2.23. The summed E-state index contributed by atoms with van der Waals surface area (Å²) >= 11 is 0. The Labute approximate surface area is 121 Å². The second-order valence-corrected chi connectivity index (χ2v) is 5.53. The smallest absolute Gasteiger partial charge is 0.0888 e. The van der Waals surface area contributed by atoms with Gasteiger partial charge in [0.15, 0.2) is 0 Å². The summed E-state index contributed by atoms with van der Waals surface area (Å²) < 4.78 is 1.98. The van der Waals surface area contributed by atoms with Crippen molar-refractivity contribution in [3.63, 3.8) is 0 Å². The van der Waals surface area contributed by atoms with Crippen molar-refractivity contribution < 1.29 is 0 Å². The van der Waals surface area contributed by atoms with E-state index < -0.39 is 0 Å². The van der Waals surface area contributed by atoms with Gasteiger partial charge in [0, 0.05) is 24.7 Å². The Balaban J connectivity index is 2.23. The van der Waals surface area contributed by atoms with Crippen LogP contribution in [0.3, 0.4) is 0 Å². The van der Waals surface area contributed by atoms with Crippen LogP contribution in [0, 0.1) is 6.92 Å². The van der Waals surface area contributed by atoms with Gasteiger partial charge in [-0.15, -0.1) is 5.10 Å². The van der Waals surface area contributed by atoms with Crippen molar-refractivity contribution >= 4 is 0 Å². The van der Waals surface area contributed by atoms with Crippen molar-refractivity contribution in [2.24, 2.45) is 0 Å². The molecule has 0 unspecified atom stereocenters. The molecule has 108 valence electrons. The maximum Gasteiger partial charge on any atom is 0.0888 e. The molecule has 4 nitrogen and oxygen atoms in total.